The Balaban J connectivity index is 2.46. The van der Waals surface area contributed by atoms with E-state index in [1.807, 2.05) is 124 Å². The average molecular weight is 717 g/mol. The average Bonchev–Trinajstić information content (AvgIpc) is 3.13. The molecule has 0 saturated heterocycles. The summed E-state index contributed by atoms with van der Waals surface area (Å²) in [7, 11) is -2.53. The van der Waals surface area contributed by atoms with Gasteiger partial charge in [0.2, 0.25) is 5.54 Å². The third-order valence-corrected chi connectivity index (χ3v) is 11.2. The van der Waals surface area contributed by atoms with Gasteiger partial charge in [-0.3, -0.25) is 9.80 Å². The number of hydrogen-bond acceptors (Lipinski definition) is 11. The predicted octanol–water partition coefficient (Wildman–Crippen LogP) is 5.60. The molecule has 0 aliphatic rings. The Kier molecular flexibility index (Phi) is 15.2. The summed E-state index contributed by atoms with van der Waals surface area (Å²) >= 11 is 0. The SMILES string of the molecule is COC(OC)(C(C#N)(N(C(C)C)C(C)C)C(c1ccccc1)(c1ccccc1)c1ccccc1)[P+](O)(O)OCC(O)CN(CCC#N)CCC#N. The van der Waals surface area contributed by atoms with Gasteiger partial charge in [0.1, 0.15) is 6.61 Å². The van der Waals surface area contributed by atoms with E-state index in [9.17, 15) is 20.2 Å². The van der Waals surface area contributed by atoms with Gasteiger partial charge in [0, 0.05) is 58.8 Å². The van der Waals surface area contributed by atoms with Crippen LogP contribution in [-0.2, 0) is 19.4 Å². The van der Waals surface area contributed by atoms with Crippen LogP contribution in [0.2, 0.25) is 0 Å². The van der Waals surface area contributed by atoms with Crippen LogP contribution in [0.4, 0.5) is 0 Å². The Morgan fingerprint density at radius 1 is 0.706 bits per heavy atom. The Labute approximate surface area is 303 Å². The maximum Gasteiger partial charge on any atom is 0.475 e. The van der Waals surface area contributed by atoms with Crippen LogP contribution in [0, 0.1) is 34.0 Å². The molecule has 0 spiro atoms. The minimum absolute atomic E-state index is 0.00812. The molecule has 0 fully saturated rings. The van der Waals surface area contributed by atoms with Gasteiger partial charge in [0.05, 0.1) is 29.7 Å². The number of nitriles is 3. The second-order valence-corrected chi connectivity index (χ2v) is 14.8. The first-order valence-electron chi connectivity index (χ1n) is 17.0. The van der Waals surface area contributed by atoms with E-state index in [0.717, 1.165) is 0 Å². The molecule has 2 unspecified atom stereocenters. The molecule has 0 bridgehead atoms. The molecule has 0 saturated carbocycles. The molecule has 0 aromatic heterocycles. The van der Waals surface area contributed by atoms with Crippen LogP contribution < -0.4 is 0 Å². The number of ether oxygens (including phenoxy) is 2. The monoisotopic (exact) mass is 716 g/mol. The summed E-state index contributed by atoms with van der Waals surface area (Å²) in [5, 5.41) is 41.4. The standard InChI is InChI=1S/C39H51N5O6P/c1-31(2)44(32(3)4)37(30-42,38(33-18-10-7-11-19-33,34-20-12-8-13-21-34)35-22-14-9-15-23-35)39(48-5,49-6)51(46,47)50-29-36(45)28-43(26-16-24-40)27-17-25-41/h7-15,18-23,31-32,36,45-47H,16-17,26-29H2,1-6H3/q+1. The Bertz CT molecular complexity index is 1500. The molecule has 272 valence electrons. The molecule has 0 aliphatic heterocycles. The van der Waals surface area contributed by atoms with Crippen molar-refractivity contribution in [2.75, 3.05) is 40.5 Å². The van der Waals surface area contributed by atoms with E-state index in [2.05, 4.69) is 18.2 Å². The van der Waals surface area contributed by atoms with Gasteiger partial charge in [-0.1, -0.05) is 91.0 Å². The molecule has 3 N–H and O–H groups in total. The highest BCUT2D eigenvalue weighted by Crippen LogP contribution is 2.73. The molecule has 2 atom stereocenters. The van der Waals surface area contributed by atoms with E-state index < -0.39 is 49.2 Å². The Hall–Kier alpha value is -3.76. The molecular formula is C39H51N5O6P+. The number of aliphatic hydroxyl groups excluding tert-OH is 1. The number of nitrogens with zero attached hydrogens (tertiary/aromatic N) is 5. The van der Waals surface area contributed by atoms with Gasteiger partial charge in [0.25, 0.3) is 0 Å². The molecule has 3 rings (SSSR count). The van der Waals surface area contributed by atoms with E-state index in [1.54, 1.807) is 4.90 Å². The lowest BCUT2D eigenvalue weighted by molar-refractivity contribution is -0.244. The van der Waals surface area contributed by atoms with Crippen molar-refractivity contribution in [2.24, 2.45) is 0 Å². The molecule has 0 heterocycles. The lowest BCUT2D eigenvalue weighted by Crippen LogP contribution is -2.77. The van der Waals surface area contributed by atoms with Crippen LogP contribution in [-0.4, -0.2) is 94.4 Å². The van der Waals surface area contributed by atoms with Crippen LogP contribution in [0.15, 0.2) is 91.0 Å². The van der Waals surface area contributed by atoms with Crippen molar-refractivity contribution in [1.29, 1.82) is 15.8 Å². The maximum atomic E-state index is 12.5. The van der Waals surface area contributed by atoms with Crippen molar-refractivity contribution in [3.8, 4) is 18.2 Å². The lowest BCUT2D eigenvalue weighted by Gasteiger charge is -2.59. The Morgan fingerprint density at radius 2 is 1.10 bits per heavy atom. The molecule has 0 radical (unpaired) electrons. The second-order valence-electron chi connectivity index (χ2n) is 12.9. The second kappa shape index (κ2) is 18.6. The largest absolute Gasteiger partial charge is 0.475 e. The lowest BCUT2D eigenvalue weighted by atomic mass is 9.56. The van der Waals surface area contributed by atoms with Crippen molar-refractivity contribution in [3.63, 3.8) is 0 Å². The zero-order chi connectivity index (χ0) is 37.7. The summed E-state index contributed by atoms with van der Waals surface area (Å²) in [6.45, 7) is 7.70. The van der Waals surface area contributed by atoms with E-state index in [-0.39, 0.29) is 19.4 Å². The van der Waals surface area contributed by atoms with Gasteiger partial charge in [-0.15, -0.1) is 0 Å². The van der Waals surface area contributed by atoms with Crippen LogP contribution in [0.25, 0.3) is 0 Å². The zero-order valence-corrected chi connectivity index (χ0v) is 31.3. The molecule has 3 aromatic carbocycles. The van der Waals surface area contributed by atoms with E-state index in [0.29, 0.717) is 29.8 Å². The minimum Gasteiger partial charge on any atom is -0.389 e. The predicted molar refractivity (Wildman–Crippen MR) is 197 cm³/mol. The molecule has 0 aliphatic carbocycles. The Morgan fingerprint density at radius 3 is 1.41 bits per heavy atom. The zero-order valence-electron chi connectivity index (χ0n) is 30.4. The van der Waals surface area contributed by atoms with Crippen molar-refractivity contribution in [1.82, 2.24) is 9.80 Å². The highest BCUT2D eigenvalue weighted by atomic mass is 31.2. The third kappa shape index (κ3) is 8.02. The van der Waals surface area contributed by atoms with E-state index in [4.69, 9.17) is 24.5 Å². The molecule has 12 heteroatoms. The quantitative estimate of drug-likeness (QED) is 0.0757. The highest BCUT2D eigenvalue weighted by Gasteiger charge is 2.84. The molecule has 11 nitrogen and oxygen atoms in total. The summed E-state index contributed by atoms with van der Waals surface area (Å²) in [4.78, 5) is 28.6. The third-order valence-electron chi connectivity index (χ3n) is 9.21. The first-order valence-corrected chi connectivity index (χ1v) is 18.6. The van der Waals surface area contributed by atoms with E-state index in [1.165, 1.54) is 14.2 Å². The molecule has 3 aromatic rings. The van der Waals surface area contributed by atoms with Gasteiger partial charge in [0.15, 0.2) is 0 Å². The van der Waals surface area contributed by atoms with Crippen LogP contribution >= 0.6 is 7.94 Å². The molecule has 0 amide bonds. The van der Waals surface area contributed by atoms with Gasteiger partial charge < -0.3 is 14.6 Å². The van der Waals surface area contributed by atoms with Gasteiger partial charge in [-0.05, 0) is 44.4 Å². The number of aliphatic hydroxyl groups is 1. The van der Waals surface area contributed by atoms with Crippen molar-refractivity contribution < 1.29 is 28.9 Å². The first kappa shape index (κ1) is 41.7. The van der Waals surface area contributed by atoms with Gasteiger partial charge >= 0.3 is 13.5 Å². The summed E-state index contributed by atoms with van der Waals surface area (Å²) < 4.78 is 18.5. The number of hydrogen-bond donors (Lipinski definition) is 3. The van der Waals surface area contributed by atoms with Crippen molar-refractivity contribution >= 4 is 7.94 Å². The van der Waals surface area contributed by atoms with Crippen LogP contribution in [0.1, 0.15) is 57.2 Å². The summed E-state index contributed by atoms with van der Waals surface area (Å²) in [5.74, 6) is 0. The maximum absolute atomic E-state index is 12.5. The van der Waals surface area contributed by atoms with Crippen LogP contribution in [0.5, 0.6) is 0 Å². The van der Waals surface area contributed by atoms with Gasteiger partial charge in [-0.25, -0.2) is 0 Å². The number of rotatable bonds is 20. The molecule has 51 heavy (non-hydrogen) atoms. The van der Waals surface area contributed by atoms with Gasteiger partial charge in [-0.2, -0.15) is 30.1 Å². The summed E-state index contributed by atoms with van der Waals surface area (Å²) in [6, 6.07) is 34.2. The smallest absolute Gasteiger partial charge is 0.389 e. The summed E-state index contributed by atoms with van der Waals surface area (Å²) in [5.41, 5.74) is -4.34. The highest BCUT2D eigenvalue weighted by molar-refractivity contribution is 7.61. The number of methoxy groups -OCH3 is 2. The fourth-order valence-electron chi connectivity index (χ4n) is 7.53. The minimum atomic E-state index is -5.04. The normalized spacial score (nSPS) is 14.2. The number of benzene rings is 3. The van der Waals surface area contributed by atoms with Crippen LogP contribution in [0.3, 0.4) is 0 Å². The topological polar surface area (TPSA) is 166 Å². The summed E-state index contributed by atoms with van der Waals surface area (Å²) in [6.07, 6.45) is -0.909. The van der Waals surface area contributed by atoms with Crippen molar-refractivity contribution in [2.45, 2.75) is 75.2 Å². The first-order chi connectivity index (χ1) is 24.4. The fraction of sp³-hybridized carbons (Fsp3) is 0.462. The van der Waals surface area contributed by atoms with E-state index >= 15 is 0 Å². The van der Waals surface area contributed by atoms with Crippen molar-refractivity contribution in [3.05, 3.63) is 108 Å². The fourth-order valence-corrected chi connectivity index (χ4v) is 9.31. The molecular weight excluding hydrogens is 665 g/mol.